The standard InChI is InChI=1S/C13H14Br2IN3S/c1-6(2)4-8-10(16)13(17-3)19-12(18-8)9-5-7(14)11(15)20-9/h5-6H,4H2,1-3H3,(H,17,18,19). The molecule has 0 amide bonds. The lowest BCUT2D eigenvalue weighted by molar-refractivity contribution is 0.632. The first-order chi connectivity index (χ1) is 9.42. The average molecular weight is 531 g/mol. The van der Waals surface area contributed by atoms with Gasteiger partial charge in [-0.3, -0.25) is 0 Å². The third kappa shape index (κ3) is 3.72. The summed E-state index contributed by atoms with van der Waals surface area (Å²) in [6.07, 6.45) is 0.955. The summed E-state index contributed by atoms with van der Waals surface area (Å²) in [5.74, 6) is 2.24. The molecule has 0 spiro atoms. The normalized spacial score (nSPS) is 11.2. The van der Waals surface area contributed by atoms with Crippen molar-refractivity contribution >= 4 is 71.6 Å². The van der Waals surface area contributed by atoms with Crippen LogP contribution in [0.1, 0.15) is 19.5 Å². The lowest BCUT2D eigenvalue weighted by atomic mass is 10.1. The van der Waals surface area contributed by atoms with Gasteiger partial charge in [0.1, 0.15) is 5.82 Å². The Morgan fingerprint density at radius 3 is 2.55 bits per heavy atom. The number of nitrogens with zero attached hydrogens (tertiary/aromatic N) is 2. The topological polar surface area (TPSA) is 37.8 Å². The molecule has 0 atom stereocenters. The lowest BCUT2D eigenvalue weighted by Gasteiger charge is -2.12. The van der Waals surface area contributed by atoms with Gasteiger partial charge in [-0.05, 0) is 72.9 Å². The fourth-order valence-corrected chi connectivity index (χ4v) is 4.45. The first kappa shape index (κ1) is 16.6. The van der Waals surface area contributed by atoms with Gasteiger partial charge in [-0.15, -0.1) is 11.3 Å². The molecule has 7 heteroatoms. The quantitative estimate of drug-likeness (QED) is 0.525. The van der Waals surface area contributed by atoms with E-state index < -0.39 is 0 Å². The highest BCUT2D eigenvalue weighted by Crippen LogP contribution is 2.37. The molecular formula is C13H14Br2IN3S. The maximum atomic E-state index is 4.76. The predicted molar refractivity (Wildman–Crippen MR) is 102 cm³/mol. The second-order valence-electron chi connectivity index (χ2n) is 4.74. The summed E-state index contributed by atoms with van der Waals surface area (Å²) >= 11 is 11.0. The van der Waals surface area contributed by atoms with E-state index in [0.717, 1.165) is 40.5 Å². The van der Waals surface area contributed by atoms with E-state index in [2.05, 4.69) is 84.7 Å². The molecule has 0 aliphatic carbocycles. The van der Waals surface area contributed by atoms with E-state index >= 15 is 0 Å². The van der Waals surface area contributed by atoms with Crippen LogP contribution in [0.15, 0.2) is 14.3 Å². The van der Waals surface area contributed by atoms with Crippen LogP contribution in [0, 0.1) is 9.49 Å². The summed E-state index contributed by atoms with van der Waals surface area (Å²) in [5.41, 5.74) is 1.11. The number of hydrogen-bond donors (Lipinski definition) is 1. The third-order valence-electron chi connectivity index (χ3n) is 2.62. The van der Waals surface area contributed by atoms with Crippen LogP contribution in [0.4, 0.5) is 5.82 Å². The van der Waals surface area contributed by atoms with Crippen molar-refractivity contribution in [1.82, 2.24) is 9.97 Å². The van der Waals surface area contributed by atoms with Gasteiger partial charge in [0.05, 0.1) is 17.9 Å². The van der Waals surface area contributed by atoms with Crippen LogP contribution in [-0.4, -0.2) is 17.0 Å². The molecule has 0 unspecified atom stereocenters. The minimum absolute atomic E-state index is 0.567. The van der Waals surface area contributed by atoms with Gasteiger partial charge in [-0.2, -0.15) is 0 Å². The van der Waals surface area contributed by atoms with Gasteiger partial charge in [0, 0.05) is 11.5 Å². The van der Waals surface area contributed by atoms with Crippen LogP contribution in [0.3, 0.4) is 0 Å². The molecule has 1 N–H and O–H groups in total. The van der Waals surface area contributed by atoms with Crippen LogP contribution >= 0.6 is 65.8 Å². The van der Waals surface area contributed by atoms with Crippen molar-refractivity contribution in [3.8, 4) is 10.7 Å². The van der Waals surface area contributed by atoms with E-state index in [9.17, 15) is 0 Å². The van der Waals surface area contributed by atoms with Crippen molar-refractivity contribution in [3.05, 3.63) is 23.6 Å². The molecule has 0 fully saturated rings. The summed E-state index contributed by atoms with van der Waals surface area (Å²) in [4.78, 5) is 10.4. The Hall–Kier alpha value is 0.270. The summed E-state index contributed by atoms with van der Waals surface area (Å²) in [7, 11) is 1.90. The Bertz CT molecular complexity index is 609. The third-order valence-corrected chi connectivity index (χ3v) is 7.01. The fraction of sp³-hybridized carbons (Fsp3) is 0.385. The Balaban J connectivity index is 2.53. The maximum Gasteiger partial charge on any atom is 0.172 e. The van der Waals surface area contributed by atoms with Gasteiger partial charge in [-0.25, -0.2) is 9.97 Å². The van der Waals surface area contributed by atoms with Crippen LogP contribution in [0.5, 0.6) is 0 Å². The molecule has 2 heterocycles. The average Bonchev–Trinajstić information content (AvgIpc) is 2.71. The largest absolute Gasteiger partial charge is 0.372 e. The van der Waals surface area contributed by atoms with E-state index in [1.165, 1.54) is 0 Å². The number of nitrogens with one attached hydrogen (secondary N) is 1. The van der Waals surface area contributed by atoms with E-state index in [1.54, 1.807) is 11.3 Å². The van der Waals surface area contributed by atoms with Gasteiger partial charge in [-0.1, -0.05) is 13.8 Å². The molecule has 2 aromatic heterocycles. The number of halogens is 3. The van der Waals surface area contributed by atoms with Gasteiger partial charge < -0.3 is 5.32 Å². The Morgan fingerprint density at radius 2 is 2.05 bits per heavy atom. The fourth-order valence-electron chi connectivity index (χ4n) is 1.75. The van der Waals surface area contributed by atoms with Crippen molar-refractivity contribution in [2.45, 2.75) is 20.3 Å². The SMILES string of the molecule is CNc1nc(-c2cc(Br)c(Br)s2)nc(CC(C)C)c1I. The van der Waals surface area contributed by atoms with Crippen LogP contribution in [0.2, 0.25) is 0 Å². The van der Waals surface area contributed by atoms with Crippen LogP contribution in [-0.2, 0) is 6.42 Å². The van der Waals surface area contributed by atoms with E-state index in [1.807, 2.05) is 7.05 Å². The zero-order chi connectivity index (χ0) is 14.9. The second-order valence-corrected chi connectivity index (χ2v) is 9.04. The highest BCUT2D eigenvalue weighted by atomic mass is 127. The van der Waals surface area contributed by atoms with Gasteiger partial charge in [0.2, 0.25) is 0 Å². The molecule has 2 aromatic rings. The summed E-state index contributed by atoms with van der Waals surface area (Å²) < 4.78 is 3.21. The molecule has 0 aromatic carbocycles. The number of anilines is 1. The second kappa shape index (κ2) is 7.02. The first-order valence-electron chi connectivity index (χ1n) is 6.11. The molecule has 0 aliphatic rings. The van der Waals surface area contributed by atoms with Crippen molar-refractivity contribution in [2.24, 2.45) is 5.92 Å². The molecule has 2 rings (SSSR count). The molecule has 108 valence electrons. The number of aromatic nitrogens is 2. The zero-order valence-electron chi connectivity index (χ0n) is 11.3. The monoisotopic (exact) mass is 529 g/mol. The van der Waals surface area contributed by atoms with Crippen LogP contribution < -0.4 is 5.32 Å². The number of rotatable bonds is 4. The van der Waals surface area contributed by atoms with Crippen molar-refractivity contribution in [1.29, 1.82) is 0 Å². The maximum absolute atomic E-state index is 4.76. The summed E-state index contributed by atoms with van der Waals surface area (Å²) in [6, 6.07) is 2.05. The lowest BCUT2D eigenvalue weighted by Crippen LogP contribution is -2.07. The molecule has 0 radical (unpaired) electrons. The molecule has 0 aliphatic heterocycles. The Morgan fingerprint density at radius 1 is 1.35 bits per heavy atom. The van der Waals surface area contributed by atoms with Crippen molar-refractivity contribution in [2.75, 3.05) is 12.4 Å². The minimum Gasteiger partial charge on any atom is -0.372 e. The molecular weight excluding hydrogens is 517 g/mol. The predicted octanol–water partition coefficient (Wildman–Crippen LogP) is 5.57. The molecule has 0 saturated carbocycles. The minimum atomic E-state index is 0.567. The summed E-state index contributed by atoms with van der Waals surface area (Å²) in [6.45, 7) is 4.41. The van der Waals surface area contributed by atoms with Gasteiger partial charge in [0.15, 0.2) is 5.82 Å². The zero-order valence-corrected chi connectivity index (χ0v) is 17.4. The molecule has 3 nitrogen and oxygen atoms in total. The summed E-state index contributed by atoms with van der Waals surface area (Å²) in [5, 5.41) is 3.16. The van der Waals surface area contributed by atoms with E-state index in [0.29, 0.717) is 5.92 Å². The van der Waals surface area contributed by atoms with Crippen molar-refractivity contribution < 1.29 is 0 Å². The Labute approximate surface area is 153 Å². The van der Waals surface area contributed by atoms with Gasteiger partial charge >= 0.3 is 0 Å². The van der Waals surface area contributed by atoms with E-state index in [-0.39, 0.29) is 0 Å². The van der Waals surface area contributed by atoms with E-state index in [4.69, 9.17) is 4.98 Å². The first-order valence-corrected chi connectivity index (χ1v) is 9.59. The molecule has 20 heavy (non-hydrogen) atoms. The number of hydrogen-bond acceptors (Lipinski definition) is 4. The highest BCUT2D eigenvalue weighted by Gasteiger charge is 2.16. The molecule has 0 bridgehead atoms. The number of thiophene rings is 1. The van der Waals surface area contributed by atoms with Crippen molar-refractivity contribution in [3.63, 3.8) is 0 Å². The Kier molecular flexibility index (Phi) is 5.84. The highest BCUT2D eigenvalue weighted by molar-refractivity contribution is 14.1. The van der Waals surface area contributed by atoms with Crippen LogP contribution in [0.25, 0.3) is 10.7 Å². The van der Waals surface area contributed by atoms with Gasteiger partial charge in [0.25, 0.3) is 0 Å². The smallest absolute Gasteiger partial charge is 0.172 e. The molecule has 0 saturated heterocycles.